The van der Waals surface area contributed by atoms with Crippen LogP contribution in [-0.2, 0) is 17.6 Å². The van der Waals surface area contributed by atoms with Gasteiger partial charge >= 0.3 is 5.97 Å². The summed E-state index contributed by atoms with van der Waals surface area (Å²) >= 11 is 0. The number of hydrogen-bond acceptors (Lipinski definition) is 3. The highest BCUT2D eigenvalue weighted by atomic mass is 16.4. The van der Waals surface area contributed by atoms with Gasteiger partial charge in [0.05, 0.1) is 5.92 Å². The molecule has 1 heterocycles. The Balaban J connectivity index is 2.24. The molecule has 1 N–H and O–H groups in total. The van der Waals surface area contributed by atoms with Crippen LogP contribution in [0.3, 0.4) is 0 Å². The molecule has 4 nitrogen and oxygen atoms in total. The zero-order chi connectivity index (χ0) is 9.26. The molecule has 0 radical (unpaired) electrons. The molecule has 0 aliphatic heterocycles. The maximum Gasteiger partial charge on any atom is 0.306 e. The van der Waals surface area contributed by atoms with Gasteiger partial charge in [-0.05, 0) is 24.8 Å². The summed E-state index contributed by atoms with van der Waals surface area (Å²) < 4.78 is 0. The van der Waals surface area contributed by atoms with Crippen LogP contribution in [0.4, 0.5) is 0 Å². The number of carbonyl (C=O) groups is 1. The largest absolute Gasteiger partial charge is 0.481 e. The first kappa shape index (κ1) is 8.16. The standard InChI is InChI=1S/C9H10N2O2/c12-9(13)6-1-2-8-7(3-6)4-10-5-11-8/h4-6H,1-3H2,(H,12,13)/t6-/m0/s1. The van der Waals surface area contributed by atoms with E-state index in [2.05, 4.69) is 9.97 Å². The molecule has 1 aromatic rings. The SMILES string of the molecule is O=C(O)[C@H]1CCc2ncncc2C1. The van der Waals surface area contributed by atoms with E-state index in [9.17, 15) is 4.79 Å². The monoisotopic (exact) mass is 178 g/mol. The fourth-order valence-corrected chi connectivity index (χ4v) is 1.67. The van der Waals surface area contributed by atoms with Gasteiger partial charge in [-0.25, -0.2) is 9.97 Å². The van der Waals surface area contributed by atoms with Gasteiger partial charge in [-0.2, -0.15) is 0 Å². The molecule has 68 valence electrons. The van der Waals surface area contributed by atoms with E-state index in [0.717, 1.165) is 17.7 Å². The third kappa shape index (κ3) is 1.52. The van der Waals surface area contributed by atoms with Crippen LogP contribution < -0.4 is 0 Å². The molecule has 2 rings (SSSR count). The van der Waals surface area contributed by atoms with Crippen LogP contribution in [0.15, 0.2) is 12.5 Å². The van der Waals surface area contributed by atoms with Crippen molar-refractivity contribution in [2.24, 2.45) is 5.92 Å². The number of carboxylic acids is 1. The quantitative estimate of drug-likeness (QED) is 0.686. The van der Waals surface area contributed by atoms with Crippen LogP contribution >= 0.6 is 0 Å². The number of aliphatic carboxylic acids is 1. The highest BCUT2D eigenvalue weighted by molar-refractivity contribution is 5.70. The average molecular weight is 178 g/mol. The van der Waals surface area contributed by atoms with Crippen molar-refractivity contribution in [3.8, 4) is 0 Å². The summed E-state index contributed by atoms with van der Waals surface area (Å²) in [6, 6.07) is 0. The molecule has 1 aliphatic carbocycles. The minimum atomic E-state index is -0.713. The number of carboxylic acid groups (broad SMARTS) is 1. The van der Waals surface area contributed by atoms with E-state index in [-0.39, 0.29) is 5.92 Å². The summed E-state index contributed by atoms with van der Waals surface area (Å²) in [6.45, 7) is 0. The molecule has 0 saturated heterocycles. The van der Waals surface area contributed by atoms with Gasteiger partial charge in [0, 0.05) is 11.9 Å². The molecule has 1 atom stereocenters. The Bertz CT molecular complexity index is 338. The van der Waals surface area contributed by atoms with Gasteiger partial charge in [0.1, 0.15) is 6.33 Å². The number of nitrogens with zero attached hydrogens (tertiary/aromatic N) is 2. The number of fused-ring (bicyclic) bond motifs is 1. The van der Waals surface area contributed by atoms with E-state index in [1.165, 1.54) is 6.33 Å². The van der Waals surface area contributed by atoms with Gasteiger partial charge in [-0.15, -0.1) is 0 Å². The van der Waals surface area contributed by atoms with Crippen molar-refractivity contribution in [2.45, 2.75) is 19.3 Å². The third-order valence-corrected chi connectivity index (χ3v) is 2.43. The minimum absolute atomic E-state index is 0.251. The lowest BCUT2D eigenvalue weighted by Gasteiger charge is -2.19. The molecule has 0 fully saturated rings. The van der Waals surface area contributed by atoms with E-state index in [0.29, 0.717) is 12.8 Å². The summed E-state index contributed by atoms with van der Waals surface area (Å²) in [5.41, 5.74) is 1.99. The second kappa shape index (κ2) is 3.12. The lowest BCUT2D eigenvalue weighted by molar-refractivity contribution is -0.142. The molecule has 13 heavy (non-hydrogen) atoms. The summed E-state index contributed by atoms with van der Waals surface area (Å²) in [7, 11) is 0. The predicted molar refractivity (Wildman–Crippen MR) is 45.2 cm³/mol. The van der Waals surface area contributed by atoms with Crippen LogP contribution in [-0.4, -0.2) is 21.0 Å². The second-order valence-corrected chi connectivity index (χ2v) is 3.27. The van der Waals surface area contributed by atoms with Gasteiger partial charge in [0.2, 0.25) is 0 Å². The van der Waals surface area contributed by atoms with Crippen LogP contribution in [0.2, 0.25) is 0 Å². The van der Waals surface area contributed by atoms with E-state index < -0.39 is 5.97 Å². The second-order valence-electron chi connectivity index (χ2n) is 3.27. The number of aryl methyl sites for hydroxylation is 1. The van der Waals surface area contributed by atoms with Gasteiger partial charge in [0.25, 0.3) is 0 Å². The highest BCUT2D eigenvalue weighted by Crippen LogP contribution is 2.22. The maximum absolute atomic E-state index is 10.7. The third-order valence-electron chi connectivity index (χ3n) is 2.43. The molecule has 0 spiro atoms. The van der Waals surface area contributed by atoms with Crippen molar-refractivity contribution in [3.05, 3.63) is 23.8 Å². The van der Waals surface area contributed by atoms with Crippen molar-refractivity contribution < 1.29 is 9.90 Å². The summed E-state index contributed by atoms with van der Waals surface area (Å²) in [4.78, 5) is 18.7. The van der Waals surface area contributed by atoms with E-state index in [4.69, 9.17) is 5.11 Å². The van der Waals surface area contributed by atoms with Gasteiger partial charge in [-0.1, -0.05) is 0 Å². The molecular formula is C9H10N2O2. The predicted octanol–water partition coefficient (Wildman–Crippen LogP) is 0.666. The maximum atomic E-state index is 10.7. The minimum Gasteiger partial charge on any atom is -0.481 e. The smallest absolute Gasteiger partial charge is 0.306 e. The van der Waals surface area contributed by atoms with E-state index in [1.807, 2.05) is 0 Å². The van der Waals surface area contributed by atoms with Crippen molar-refractivity contribution in [1.29, 1.82) is 0 Å². The molecule has 0 aromatic carbocycles. The topological polar surface area (TPSA) is 63.1 Å². The summed E-state index contributed by atoms with van der Waals surface area (Å²) in [6.07, 6.45) is 5.26. The molecule has 0 unspecified atom stereocenters. The fraction of sp³-hybridized carbons (Fsp3) is 0.444. The van der Waals surface area contributed by atoms with Crippen LogP contribution in [0.1, 0.15) is 17.7 Å². The Morgan fingerprint density at radius 3 is 3.23 bits per heavy atom. The number of hydrogen-bond donors (Lipinski definition) is 1. The molecule has 0 bridgehead atoms. The van der Waals surface area contributed by atoms with Gasteiger partial charge < -0.3 is 5.11 Å². The van der Waals surface area contributed by atoms with E-state index in [1.54, 1.807) is 6.20 Å². The lowest BCUT2D eigenvalue weighted by Crippen LogP contribution is -2.22. The number of aromatic nitrogens is 2. The highest BCUT2D eigenvalue weighted by Gasteiger charge is 2.24. The van der Waals surface area contributed by atoms with Crippen molar-refractivity contribution in [3.63, 3.8) is 0 Å². The molecule has 0 saturated carbocycles. The van der Waals surface area contributed by atoms with E-state index >= 15 is 0 Å². The molecular weight excluding hydrogens is 168 g/mol. The normalized spacial score (nSPS) is 20.8. The van der Waals surface area contributed by atoms with Crippen molar-refractivity contribution >= 4 is 5.97 Å². The Labute approximate surface area is 75.6 Å². The van der Waals surface area contributed by atoms with Gasteiger partial charge in [0.15, 0.2) is 0 Å². The van der Waals surface area contributed by atoms with Gasteiger partial charge in [-0.3, -0.25) is 4.79 Å². The van der Waals surface area contributed by atoms with Crippen molar-refractivity contribution in [1.82, 2.24) is 9.97 Å². The van der Waals surface area contributed by atoms with Crippen molar-refractivity contribution in [2.75, 3.05) is 0 Å². The fourth-order valence-electron chi connectivity index (χ4n) is 1.67. The first-order valence-corrected chi connectivity index (χ1v) is 4.28. The number of rotatable bonds is 1. The molecule has 4 heteroatoms. The molecule has 0 amide bonds. The van der Waals surface area contributed by atoms with Crippen LogP contribution in [0.5, 0.6) is 0 Å². The van der Waals surface area contributed by atoms with Crippen LogP contribution in [0, 0.1) is 5.92 Å². The summed E-state index contributed by atoms with van der Waals surface area (Å²) in [5.74, 6) is -0.965. The zero-order valence-electron chi connectivity index (χ0n) is 7.10. The molecule has 1 aliphatic rings. The summed E-state index contributed by atoms with van der Waals surface area (Å²) in [5, 5.41) is 8.82. The Morgan fingerprint density at radius 1 is 1.62 bits per heavy atom. The Kier molecular flexibility index (Phi) is 1.96. The average Bonchev–Trinajstić information content (AvgIpc) is 2.17. The Morgan fingerprint density at radius 2 is 2.46 bits per heavy atom. The molecule has 1 aromatic heterocycles. The first-order chi connectivity index (χ1) is 6.27. The zero-order valence-corrected chi connectivity index (χ0v) is 7.10. The Hall–Kier alpha value is -1.45. The lowest BCUT2D eigenvalue weighted by atomic mass is 9.87. The van der Waals surface area contributed by atoms with Crippen LogP contribution in [0.25, 0.3) is 0 Å². The first-order valence-electron chi connectivity index (χ1n) is 4.28.